The number of halogens is 2. The second-order valence-corrected chi connectivity index (χ2v) is 5.31. The van der Waals surface area contributed by atoms with Gasteiger partial charge in [0.2, 0.25) is 0 Å². The molecule has 0 aliphatic rings. The lowest BCUT2D eigenvalue weighted by Crippen LogP contribution is -2.04. The molecule has 0 saturated heterocycles. The molecule has 0 aliphatic carbocycles. The van der Waals surface area contributed by atoms with Crippen molar-refractivity contribution < 1.29 is 4.79 Å². The van der Waals surface area contributed by atoms with E-state index in [0.29, 0.717) is 6.42 Å². The molecule has 0 heterocycles. The third kappa shape index (κ3) is 3.28. The molecule has 0 aromatic heterocycles. The quantitative estimate of drug-likeness (QED) is 0.598. The van der Waals surface area contributed by atoms with E-state index in [2.05, 4.69) is 44.6 Å². The first-order valence-corrected chi connectivity index (χ1v) is 6.35. The molecule has 15 heavy (non-hydrogen) atoms. The number of nitrogens with zero attached hydrogens (tertiary/aromatic N) is 1. The first-order valence-electron chi connectivity index (χ1n) is 4.36. The van der Waals surface area contributed by atoms with E-state index in [-0.39, 0.29) is 10.6 Å². The molecule has 0 fully saturated rings. The summed E-state index contributed by atoms with van der Waals surface area (Å²) in [6.45, 7) is 1.54. The zero-order valence-electron chi connectivity index (χ0n) is 8.13. The molecule has 2 nitrogen and oxygen atoms in total. The fraction of sp³-hybridized carbons (Fsp3) is 0.273. The highest BCUT2D eigenvalue weighted by atomic mass is 127. The van der Waals surface area contributed by atoms with Gasteiger partial charge < -0.3 is 0 Å². The zero-order chi connectivity index (χ0) is 11.4. The van der Waals surface area contributed by atoms with Crippen LogP contribution in [0, 0.1) is 14.9 Å². The summed E-state index contributed by atoms with van der Waals surface area (Å²) in [5.41, 5.74) is 1.81. The van der Waals surface area contributed by atoms with Crippen LogP contribution in [0.1, 0.15) is 22.9 Å². The molecule has 0 amide bonds. The van der Waals surface area contributed by atoms with Crippen molar-refractivity contribution >= 4 is 44.3 Å². The summed E-state index contributed by atoms with van der Waals surface area (Å²) in [7, 11) is 0. The Balaban J connectivity index is 3.17. The first kappa shape index (κ1) is 12.7. The average Bonchev–Trinajstić information content (AvgIpc) is 2.17. The smallest absolute Gasteiger partial charge is 0.147 e. The van der Waals surface area contributed by atoms with E-state index in [1.807, 2.05) is 18.2 Å². The number of hydrogen-bond donors (Lipinski definition) is 0. The van der Waals surface area contributed by atoms with Crippen molar-refractivity contribution in [3.63, 3.8) is 0 Å². The molecule has 0 radical (unpaired) electrons. The van der Waals surface area contributed by atoms with Crippen LogP contribution in [0.3, 0.4) is 0 Å². The SMILES string of the molecule is CC(=O)C(Br)c1ccc(I)cc1CC#N. The standard InChI is InChI=1S/C11H9BrINO/c1-7(15)11(12)10-3-2-9(13)6-8(10)4-5-14/h2-3,6,11H,4H2,1H3. The van der Waals surface area contributed by atoms with Crippen LogP contribution in [-0.4, -0.2) is 5.78 Å². The molecule has 1 rings (SSSR count). The summed E-state index contributed by atoms with van der Waals surface area (Å²) in [5, 5.41) is 8.70. The van der Waals surface area contributed by atoms with Gasteiger partial charge in [-0.15, -0.1) is 0 Å². The third-order valence-corrected chi connectivity index (χ3v) is 3.81. The molecular formula is C11H9BrINO. The van der Waals surface area contributed by atoms with Gasteiger partial charge in [-0.2, -0.15) is 5.26 Å². The van der Waals surface area contributed by atoms with Gasteiger partial charge in [0.05, 0.1) is 17.3 Å². The van der Waals surface area contributed by atoms with Gasteiger partial charge in [0, 0.05) is 3.57 Å². The van der Waals surface area contributed by atoms with E-state index in [9.17, 15) is 4.79 Å². The lowest BCUT2D eigenvalue weighted by atomic mass is 10.0. The lowest BCUT2D eigenvalue weighted by molar-refractivity contribution is -0.116. The van der Waals surface area contributed by atoms with Gasteiger partial charge >= 0.3 is 0 Å². The van der Waals surface area contributed by atoms with Crippen molar-refractivity contribution in [1.82, 2.24) is 0 Å². The number of ketones is 1. The monoisotopic (exact) mass is 377 g/mol. The van der Waals surface area contributed by atoms with Gasteiger partial charge in [-0.1, -0.05) is 22.0 Å². The van der Waals surface area contributed by atoms with Gasteiger partial charge in [-0.3, -0.25) is 4.79 Å². The Kier molecular flexibility index (Phi) is 4.74. The number of carbonyl (C=O) groups is 1. The number of carbonyl (C=O) groups excluding carboxylic acids is 1. The number of alkyl halides is 1. The number of hydrogen-bond acceptors (Lipinski definition) is 2. The van der Waals surface area contributed by atoms with E-state index in [1.54, 1.807) is 0 Å². The Bertz CT molecular complexity index is 425. The Labute approximate surface area is 111 Å². The lowest BCUT2D eigenvalue weighted by Gasteiger charge is -2.11. The van der Waals surface area contributed by atoms with Crippen LogP contribution >= 0.6 is 38.5 Å². The summed E-state index contributed by atoms with van der Waals surface area (Å²) in [4.78, 5) is 10.9. The van der Waals surface area contributed by atoms with Crippen molar-refractivity contribution in [3.8, 4) is 6.07 Å². The largest absolute Gasteiger partial charge is 0.298 e. The van der Waals surface area contributed by atoms with E-state index in [4.69, 9.17) is 5.26 Å². The molecule has 1 atom stereocenters. The summed E-state index contributed by atoms with van der Waals surface area (Å²) in [6, 6.07) is 7.89. The maximum absolute atomic E-state index is 11.3. The van der Waals surface area contributed by atoms with Crippen LogP contribution in [0.25, 0.3) is 0 Å². The predicted octanol–water partition coefficient (Wildman–Crippen LogP) is 3.38. The predicted molar refractivity (Wildman–Crippen MR) is 70.8 cm³/mol. The van der Waals surface area contributed by atoms with Crippen molar-refractivity contribution in [2.24, 2.45) is 0 Å². The normalized spacial score (nSPS) is 11.9. The second kappa shape index (κ2) is 5.61. The van der Waals surface area contributed by atoms with Crippen molar-refractivity contribution in [1.29, 1.82) is 5.26 Å². The van der Waals surface area contributed by atoms with Crippen LogP contribution in [0.4, 0.5) is 0 Å². The van der Waals surface area contributed by atoms with E-state index in [0.717, 1.165) is 14.7 Å². The minimum Gasteiger partial charge on any atom is -0.298 e. The molecule has 0 spiro atoms. The number of rotatable bonds is 3. The first-order chi connectivity index (χ1) is 7.06. The van der Waals surface area contributed by atoms with Crippen LogP contribution in [0.15, 0.2) is 18.2 Å². The highest BCUT2D eigenvalue weighted by Gasteiger charge is 2.16. The Hall–Kier alpha value is -0.410. The summed E-state index contributed by atoms with van der Waals surface area (Å²) < 4.78 is 1.07. The summed E-state index contributed by atoms with van der Waals surface area (Å²) >= 11 is 5.53. The molecule has 1 aromatic carbocycles. The number of benzene rings is 1. The number of nitriles is 1. The van der Waals surface area contributed by atoms with Crippen molar-refractivity contribution in [3.05, 3.63) is 32.9 Å². The highest BCUT2D eigenvalue weighted by molar-refractivity contribution is 14.1. The molecule has 0 N–H and O–H groups in total. The van der Waals surface area contributed by atoms with Crippen molar-refractivity contribution in [2.45, 2.75) is 18.2 Å². The molecule has 4 heteroatoms. The van der Waals surface area contributed by atoms with Crippen LogP contribution in [0.2, 0.25) is 0 Å². The second-order valence-electron chi connectivity index (χ2n) is 3.15. The molecule has 1 unspecified atom stereocenters. The summed E-state index contributed by atoms with van der Waals surface area (Å²) in [5.74, 6) is 0.0513. The molecule has 78 valence electrons. The van der Waals surface area contributed by atoms with Gasteiger partial charge in [-0.25, -0.2) is 0 Å². The molecule has 0 aliphatic heterocycles. The van der Waals surface area contributed by atoms with Crippen LogP contribution in [0.5, 0.6) is 0 Å². The van der Waals surface area contributed by atoms with Crippen LogP contribution < -0.4 is 0 Å². The van der Waals surface area contributed by atoms with Gasteiger partial charge in [0.1, 0.15) is 5.78 Å². The maximum Gasteiger partial charge on any atom is 0.147 e. The molecule has 0 saturated carbocycles. The molecule has 0 bridgehead atoms. The fourth-order valence-corrected chi connectivity index (χ4v) is 2.28. The fourth-order valence-electron chi connectivity index (χ4n) is 1.28. The Morgan fingerprint density at radius 3 is 2.87 bits per heavy atom. The Morgan fingerprint density at radius 2 is 2.33 bits per heavy atom. The summed E-state index contributed by atoms with van der Waals surface area (Å²) in [6.07, 6.45) is 0.335. The third-order valence-electron chi connectivity index (χ3n) is 2.00. The highest BCUT2D eigenvalue weighted by Crippen LogP contribution is 2.28. The average molecular weight is 378 g/mol. The van der Waals surface area contributed by atoms with Gasteiger partial charge in [0.25, 0.3) is 0 Å². The van der Waals surface area contributed by atoms with E-state index < -0.39 is 0 Å². The minimum absolute atomic E-state index is 0.0513. The van der Waals surface area contributed by atoms with E-state index in [1.165, 1.54) is 6.92 Å². The minimum atomic E-state index is -0.308. The molecule has 1 aromatic rings. The zero-order valence-corrected chi connectivity index (χ0v) is 11.9. The van der Waals surface area contributed by atoms with Crippen molar-refractivity contribution in [2.75, 3.05) is 0 Å². The maximum atomic E-state index is 11.3. The van der Waals surface area contributed by atoms with Gasteiger partial charge in [0.15, 0.2) is 0 Å². The molecular weight excluding hydrogens is 369 g/mol. The topological polar surface area (TPSA) is 40.9 Å². The van der Waals surface area contributed by atoms with Crippen LogP contribution in [-0.2, 0) is 11.2 Å². The van der Waals surface area contributed by atoms with Gasteiger partial charge in [-0.05, 0) is 52.8 Å². The number of Topliss-reactive ketones (excluding diaryl/α,β-unsaturated/α-hetero) is 1. The van der Waals surface area contributed by atoms with E-state index >= 15 is 0 Å². The Morgan fingerprint density at radius 1 is 1.67 bits per heavy atom.